The molecule has 0 aliphatic carbocycles. The molecule has 0 unspecified atom stereocenters. The Bertz CT molecular complexity index is 1620. The van der Waals surface area contributed by atoms with E-state index in [9.17, 15) is 51.0 Å². The van der Waals surface area contributed by atoms with Crippen LogP contribution in [-0.2, 0) is 25.0 Å². The maximum atomic E-state index is 11.9. The Labute approximate surface area is 211 Å². The Balaban J connectivity index is 2.40. The highest BCUT2D eigenvalue weighted by atomic mass is 32.2. The van der Waals surface area contributed by atoms with Gasteiger partial charge in [0.05, 0.1) is 36.2 Å². The number of amides is 1. The number of methoxy groups -OCH3 is 2. The van der Waals surface area contributed by atoms with Crippen LogP contribution < -0.4 is 30.9 Å². The number of primary amides is 1. The number of carbonyl (C=O) groups excluding carboxylic acids is 1. The minimum absolute atomic E-state index is 0.446. The Morgan fingerprint density at radius 3 is 1.71 bits per heavy atom. The van der Waals surface area contributed by atoms with Crippen LogP contribution in [0.1, 0.15) is 0 Å². The molecule has 0 radical (unpaired) electrons. The predicted octanol–water partition coefficient (Wildman–Crippen LogP) is -0.441. The smallest absolute Gasteiger partial charge is 0.301 e. The molecule has 1 aliphatic heterocycles. The van der Waals surface area contributed by atoms with E-state index >= 15 is 0 Å². The zero-order valence-electron chi connectivity index (χ0n) is 18.8. The molecule has 204 valence electrons. The van der Waals surface area contributed by atoms with Gasteiger partial charge in [-0.15, -0.1) is 10.2 Å². The normalized spacial score (nSPS) is 13.5. The number of benzene rings is 2. The molecular formula is C16H15N7O13S2. The highest BCUT2D eigenvalue weighted by Gasteiger charge is 2.38. The molecule has 0 atom stereocenters. The van der Waals surface area contributed by atoms with Crippen molar-refractivity contribution < 1.29 is 50.1 Å². The van der Waals surface area contributed by atoms with Gasteiger partial charge in [-0.1, -0.05) is 0 Å². The molecule has 0 spiro atoms. The van der Waals surface area contributed by atoms with Crippen LogP contribution in [0.5, 0.6) is 11.5 Å². The Kier molecular flexibility index (Phi) is 7.00. The molecule has 0 saturated carbocycles. The zero-order valence-corrected chi connectivity index (χ0v) is 20.5. The Morgan fingerprint density at radius 2 is 1.34 bits per heavy atom. The van der Waals surface area contributed by atoms with Crippen LogP contribution in [0.15, 0.2) is 39.2 Å². The minimum Gasteiger partial charge on any atom is -0.494 e. The van der Waals surface area contributed by atoms with E-state index in [4.69, 9.17) is 15.2 Å². The molecule has 1 heterocycles. The van der Waals surface area contributed by atoms with Crippen molar-refractivity contribution in [3.63, 3.8) is 0 Å². The lowest BCUT2D eigenvalue weighted by Crippen LogP contribution is -2.47. The average molecular weight is 577 g/mol. The van der Waals surface area contributed by atoms with Crippen molar-refractivity contribution in [2.75, 3.05) is 24.5 Å². The second-order valence-corrected chi connectivity index (χ2v) is 9.75. The molecule has 0 bridgehead atoms. The summed E-state index contributed by atoms with van der Waals surface area (Å²) in [7, 11) is -8.43. The van der Waals surface area contributed by atoms with Crippen LogP contribution >= 0.6 is 0 Å². The molecule has 5 N–H and O–H groups in total. The maximum Gasteiger partial charge on any atom is 0.301 e. The van der Waals surface area contributed by atoms with Crippen molar-refractivity contribution in [3.8, 4) is 11.5 Å². The molecule has 1 amide bonds. The fraction of sp³-hybridized carbons (Fsp3) is 0.125. The number of amidine groups is 1. The van der Waals surface area contributed by atoms with Crippen LogP contribution in [0, 0.1) is 20.2 Å². The number of rotatable bonds is 9. The van der Waals surface area contributed by atoms with Gasteiger partial charge >= 0.3 is 20.2 Å². The summed E-state index contributed by atoms with van der Waals surface area (Å²) in [5.74, 6) is -2.79. The number of nitrogens with zero attached hydrogens (tertiary/aromatic N) is 5. The van der Waals surface area contributed by atoms with Gasteiger partial charge in [-0.2, -0.15) is 22.0 Å². The molecule has 0 fully saturated rings. The van der Waals surface area contributed by atoms with Crippen molar-refractivity contribution in [1.82, 2.24) is 5.43 Å². The average Bonchev–Trinajstić information content (AvgIpc) is 3.26. The molecule has 3 rings (SSSR count). The Morgan fingerprint density at radius 1 is 0.921 bits per heavy atom. The van der Waals surface area contributed by atoms with Crippen molar-refractivity contribution in [2.45, 2.75) is 9.79 Å². The quantitative estimate of drug-likeness (QED) is 0.167. The van der Waals surface area contributed by atoms with Gasteiger partial charge < -0.3 is 15.2 Å². The van der Waals surface area contributed by atoms with Crippen molar-refractivity contribution in [2.24, 2.45) is 10.8 Å². The Hall–Kier alpha value is -4.80. The van der Waals surface area contributed by atoms with E-state index in [0.29, 0.717) is 34.5 Å². The number of ether oxygens (including phenoxy) is 2. The van der Waals surface area contributed by atoms with Crippen molar-refractivity contribution in [1.29, 1.82) is 0 Å². The number of anilines is 2. The molecule has 2 aromatic rings. The summed E-state index contributed by atoms with van der Waals surface area (Å²) < 4.78 is 76.8. The number of nitro benzene ring substituents is 2. The fourth-order valence-electron chi connectivity index (χ4n) is 3.16. The number of nitrogens with two attached hydrogens (primary N) is 1. The monoisotopic (exact) mass is 577 g/mol. The lowest BCUT2D eigenvalue weighted by atomic mass is 10.2. The minimum atomic E-state index is -5.24. The maximum absolute atomic E-state index is 11.9. The second kappa shape index (κ2) is 9.58. The van der Waals surface area contributed by atoms with Crippen molar-refractivity contribution in [3.05, 3.63) is 44.5 Å². The van der Waals surface area contributed by atoms with Gasteiger partial charge in [-0.05, 0) is 12.1 Å². The molecule has 0 saturated heterocycles. The molecule has 38 heavy (non-hydrogen) atoms. The van der Waals surface area contributed by atoms with Crippen LogP contribution in [0.2, 0.25) is 0 Å². The van der Waals surface area contributed by atoms with Crippen LogP contribution in [0.25, 0.3) is 0 Å². The number of hydrogen-bond acceptors (Lipinski definition) is 15. The predicted molar refractivity (Wildman–Crippen MR) is 124 cm³/mol. The summed E-state index contributed by atoms with van der Waals surface area (Å²) >= 11 is 0. The van der Waals surface area contributed by atoms with E-state index in [2.05, 4.69) is 10.5 Å². The third-order valence-electron chi connectivity index (χ3n) is 4.74. The molecular weight excluding hydrogens is 562 g/mol. The number of hydrogen-bond donors (Lipinski definition) is 4. The number of nitro groups is 2. The third-order valence-corrected chi connectivity index (χ3v) is 6.51. The summed E-state index contributed by atoms with van der Waals surface area (Å²) in [4.78, 5) is 29.9. The van der Waals surface area contributed by atoms with Gasteiger partial charge in [0.1, 0.15) is 11.4 Å². The first kappa shape index (κ1) is 27.8. The first-order valence-electron chi connectivity index (χ1n) is 9.44. The largest absolute Gasteiger partial charge is 0.494 e. The first-order chi connectivity index (χ1) is 17.5. The lowest BCUT2D eigenvalue weighted by Gasteiger charge is -2.30. The van der Waals surface area contributed by atoms with E-state index < -0.39 is 85.9 Å². The summed E-state index contributed by atoms with van der Waals surface area (Å²) in [5, 5.41) is 27.9. The SMILES string of the molecule is COc1cc([N+](=O)[O-])c(S(=O)(=O)O)cc1N1N=C(C(N)=O)NN1c1cc(S(=O)(=O)O)c([N+](=O)[O-])cc1OC. The van der Waals surface area contributed by atoms with Gasteiger partial charge in [-0.3, -0.25) is 39.6 Å². The number of hydrazone groups is 1. The summed E-state index contributed by atoms with van der Waals surface area (Å²) in [6.45, 7) is 0. The van der Waals surface area contributed by atoms with Gasteiger partial charge in [0.15, 0.2) is 21.3 Å². The van der Waals surface area contributed by atoms with Gasteiger partial charge in [-0.25, -0.2) is 0 Å². The van der Waals surface area contributed by atoms with Gasteiger partial charge in [0.25, 0.3) is 17.3 Å². The molecule has 2 aromatic carbocycles. The number of nitrogens with one attached hydrogen (secondary N) is 1. The van der Waals surface area contributed by atoms with Crippen LogP contribution in [-0.4, -0.2) is 61.8 Å². The van der Waals surface area contributed by atoms with Crippen molar-refractivity contribution >= 4 is 54.7 Å². The lowest BCUT2D eigenvalue weighted by molar-refractivity contribution is -0.388. The summed E-state index contributed by atoms with van der Waals surface area (Å²) in [6.07, 6.45) is 0. The van der Waals surface area contributed by atoms with E-state index in [-0.39, 0.29) is 0 Å². The highest BCUT2D eigenvalue weighted by molar-refractivity contribution is 7.86. The number of carbonyl (C=O) groups is 1. The highest BCUT2D eigenvalue weighted by Crippen LogP contribution is 2.43. The van der Waals surface area contributed by atoms with Gasteiger partial charge in [0.2, 0.25) is 5.84 Å². The van der Waals surface area contributed by atoms with E-state index in [1.807, 2.05) is 0 Å². The molecule has 22 heteroatoms. The van der Waals surface area contributed by atoms with Crippen LogP contribution in [0.3, 0.4) is 0 Å². The molecule has 0 aromatic heterocycles. The zero-order chi connectivity index (χ0) is 28.7. The number of hydrazine groups is 2. The second-order valence-electron chi connectivity index (χ2n) is 6.97. The standard InChI is InChI=1S/C16H15N7O13S2/c1-35-11-3-9(22(25)26)13(37(29,30)31)5-7(11)20-18-16(15(17)24)19-21(20)8-6-14(38(32,33)34)10(23(27)28)4-12(8)36-2/h3-6H,1-2H3,(H2,17,24)(H,18,19)(H,29,30,31)(H,32,33,34). The van der Waals surface area contributed by atoms with Gasteiger partial charge in [0, 0.05) is 0 Å². The molecule has 20 nitrogen and oxygen atoms in total. The van der Waals surface area contributed by atoms with E-state index in [0.717, 1.165) is 14.2 Å². The third kappa shape index (κ3) is 5.03. The van der Waals surface area contributed by atoms with Crippen LogP contribution in [0.4, 0.5) is 22.7 Å². The van der Waals surface area contributed by atoms with E-state index in [1.54, 1.807) is 0 Å². The fourth-order valence-corrected chi connectivity index (χ4v) is 4.48. The topological polar surface area (TPSA) is 287 Å². The molecule has 1 aliphatic rings. The van der Waals surface area contributed by atoms with E-state index in [1.165, 1.54) is 0 Å². The summed E-state index contributed by atoms with van der Waals surface area (Å²) in [6, 6.07) is 2.30. The first-order valence-corrected chi connectivity index (χ1v) is 12.3. The summed E-state index contributed by atoms with van der Waals surface area (Å²) in [5.41, 5.74) is 4.36.